The number of rotatable bonds is 5. The van der Waals surface area contributed by atoms with Crippen molar-refractivity contribution < 1.29 is 14.2 Å². The van der Waals surface area contributed by atoms with Crippen molar-refractivity contribution in [2.24, 2.45) is 0 Å². The minimum Gasteiger partial charge on any atom is -0.457 e. The lowest BCUT2D eigenvalue weighted by Crippen LogP contribution is -1.99. The molecule has 0 spiro atoms. The highest BCUT2D eigenvalue weighted by atomic mass is 19.1. The van der Waals surface area contributed by atoms with E-state index in [1.54, 1.807) is 19.9 Å². The van der Waals surface area contributed by atoms with E-state index in [-0.39, 0.29) is 5.82 Å². The Bertz CT molecular complexity index is 603. The predicted octanol–water partition coefficient (Wildman–Crippen LogP) is 4.93. The van der Waals surface area contributed by atoms with Crippen molar-refractivity contribution in [1.29, 1.82) is 0 Å². The molecule has 0 saturated heterocycles. The molecule has 1 unspecified atom stereocenters. The average Bonchev–Trinajstić information content (AvgIpc) is 2.44. The molecule has 1 atom stereocenters. The van der Waals surface area contributed by atoms with Gasteiger partial charge in [0.05, 0.1) is 6.10 Å². The second kappa shape index (κ2) is 6.72. The third-order valence-electron chi connectivity index (χ3n) is 3.43. The molecule has 0 bridgehead atoms. The number of hydrogen-bond acceptors (Lipinski definition) is 2. The summed E-state index contributed by atoms with van der Waals surface area (Å²) in [5.41, 5.74) is 2.21. The zero-order valence-electron chi connectivity index (χ0n) is 12.7. The summed E-state index contributed by atoms with van der Waals surface area (Å²) >= 11 is 0. The smallest absolute Gasteiger partial charge is 0.133 e. The first-order valence-electron chi connectivity index (χ1n) is 7.26. The number of aryl methyl sites for hydroxylation is 2. The van der Waals surface area contributed by atoms with Gasteiger partial charge in [0.25, 0.3) is 0 Å². The maximum absolute atomic E-state index is 13.6. The maximum atomic E-state index is 13.6. The number of halogens is 1. The normalized spacial score (nSPS) is 12.2. The lowest BCUT2D eigenvalue weighted by molar-refractivity contribution is 0.195. The third kappa shape index (κ3) is 3.82. The lowest BCUT2D eigenvalue weighted by Gasteiger charge is -2.15. The second-order valence-corrected chi connectivity index (χ2v) is 5.31. The quantitative estimate of drug-likeness (QED) is 0.845. The van der Waals surface area contributed by atoms with Gasteiger partial charge in [-0.15, -0.1) is 0 Å². The first kappa shape index (κ1) is 15.5. The molecule has 3 heteroatoms. The van der Waals surface area contributed by atoms with Crippen LogP contribution in [0, 0.1) is 12.7 Å². The minimum atomic E-state index is -0.783. The van der Waals surface area contributed by atoms with Crippen molar-refractivity contribution >= 4 is 0 Å². The van der Waals surface area contributed by atoms with Gasteiger partial charge in [0.15, 0.2) is 0 Å². The number of benzene rings is 2. The zero-order valence-corrected chi connectivity index (χ0v) is 12.7. The second-order valence-electron chi connectivity index (χ2n) is 5.31. The van der Waals surface area contributed by atoms with Crippen LogP contribution in [0.1, 0.15) is 43.1 Å². The van der Waals surface area contributed by atoms with Crippen LogP contribution in [0.3, 0.4) is 0 Å². The summed E-state index contributed by atoms with van der Waals surface area (Å²) < 4.78 is 19.4. The van der Waals surface area contributed by atoms with E-state index in [1.807, 2.05) is 24.3 Å². The van der Waals surface area contributed by atoms with Gasteiger partial charge < -0.3 is 9.84 Å². The highest BCUT2D eigenvalue weighted by Crippen LogP contribution is 2.32. The molecule has 1 N–H and O–H groups in total. The molecule has 0 heterocycles. The van der Waals surface area contributed by atoms with Crippen molar-refractivity contribution in [3.63, 3.8) is 0 Å². The molecule has 0 aliphatic heterocycles. The molecule has 0 radical (unpaired) electrons. The summed E-state index contributed by atoms with van der Waals surface area (Å²) in [6.45, 7) is 5.42. The SMILES string of the molecule is CCCc1ccc(Oc2cc(C)c(F)cc2C(C)O)cc1. The van der Waals surface area contributed by atoms with Gasteiger partial charge in [-0.05, 0) is 55.7 Å². The molecule has 0 aliphatic carbocycles. The van der Waals surface area contributed by atoms with Crippen molar-refractivity contribution in [2.45, 2.75) is 39.7 Å². The Hall–Kier alpha value is -1.87. The molecule has 0 aromatic heterocycles. The molecule has 0 amide bonds. The number of aliphatic hydroxyl groups is 1. The first-order chi connectivity index (χ1) is 10.0. The van der Waals surface area contributed by atoms with Gasteiger partial charge in [0.2, 0.25) is 0 Å². The molecule has 2 nitrogen and oxygen atoms in total. The minimum absolute atomic E-state index is 0.337. The van der Waals surface area contributed by atoms with E-state index in [1.165, 1.54) is 11.6 Å². The molecular formula is C18H21FO2. The molecule has 0 aliphatic rings. The molecular weight excluding hydrogens is 267 g/mol. The van der Waals surface area contributed by atoms with E-state index < -0.39 is 6.10 Å². The van der Waals surface area contributed by atoms with Gasteiger partial charge >= 0.3 is 0 Å². The summed E-state index contributed by atoms with van der Waals surface area (Å²) in [7, 11) is 0. The van der Waals surface area contributed by atoms with Gasteiger partial charge in [-0.2, -0.15) is 0 Å². The van der Waals surface area contributed by atoms with Crippen molar-refractivity contribution in [1.82, 2.24) is 0 Å². The van der Waals surface area contributed by atoms with E-state index >= 15 is 0 Å². The molecule has 112 valence electrons. The fraction of sp³-hybridized carbons (Fsp3) is 0.333. The summed E-state index contributed by atoms with van der Waals surface area (Å²) in [5, 5.41) is 9.77. The van der Waals surface area contributed by atoms with Gasteiger partial charge in [-0.25, -0.2) is 4.39 Å². The maximum Gasteiger partial charge on any atom is 0.133 e. The van der Waals surface area contributed by atoms with Crippen LogP contribution in [0.2, 0.25) is 0 Å². The van der Waals surface area contributed by atoms with Gasteiger partial charge in [0, 0.05) is 5.56 Å². The topological polar surface area (TPSA) is 29.5 Å². The Kier molecular flexibility index (Phi) is 4.97. The third-order valence-corrected chi connectivity index (χ3v) is 3.43. The van der Waals surface area contributed by atoms with Crippen LogP contribution < -0.4 is 4.74 Å². The molecule has 0 saturated carbocycles. The standard InChI is InChI=1S/C18H21FO2/c1-4-5-14-6-8-15(9-7-14)21-18-10-12(2)17(19)11-16(18)13(3)20/h6-11,13,20H,4-5H2,1-3H3. The monoisotopic (exact) mass is 288 g/mol. The fourth-order valence-electron chi connectivity index (χ4n) is 2.23. The summed E-state index contributed by atoms with van der Waals surface area (Å²) in [6.07, 6.45) is 1.35. The van der Waals surface area contributed by atoms with E-state index in [9.17, 15) is 9.50 Å². The Morgan fingerprint density at radius 2 is 1.86 bits per heavy atom. The Labute approximate surface area is 125 Å². The predicted molar refractivity (Wildman–Crippen MR) is 82.3 cm³/mol. The van der Waals surface area contributed by atoms with Crippen LogP contribution in [-0.4, -0.2) is 5.11 Å². The van der Waals surface area contributed by atoms with Gasteiger partial charge in [-0.1, -0.05) is 25.5 Å². The van der Waals surface area contributed by atoms with Crippen molar-refractivity contribution in [3.05, 3.63) is 58.9 Å². The summed E-state index contributed by atoms with van der Waals surface area (Å²) in [5.74, 6) is 0.839. The Morgan fingerprint density at radius 3 is 2.43 bits per heavy atom. The van der Waals surface area contributed by atoms with Crippen molar-refractivity contribution in [3.8, 4) is 11.5 Å². The Morgan fingerprint density at radius 1 is 1.19 bits per heavy atom. The van der Waals surface area contributed by atoms with Crippen LogP contribution in [0.5, 0.6) is 11.5 Å². The number of ether oxygens (including phenoxy) is 1. The fourth-order valence-corrected chi connectivity index (χ4v) is 2.23. The number of aliphatic hydroxyl groups excluding tert-OH is 1. The van der Waals surface area contributed by atoms with Crippen LogP contribution >= 0.6 is 0 Å². The Balaban J connectivity index is 2.28. The highest BCUT2D eigenvalue weighted by Gasteiger charge is 2.13. The van der Waals surface area contributed by atoms with Crippen LogP contribution in [0.4, 0.5) is 4.39 Å². The van der Waals surface area contributed by atoms with E-state index in [4.69, 9.17) is 4.74 Å². The van der Waals surface area contributed by atoms with Gasteiger partial charge in [-0.3, -0.25) is 0 Å². The van der Waals surface area contributed by atoms with Crippen molar-refractivity contribution in [2.75, 3.05) is 0 Å². The van der Waals surface area contributed by atoms with E-state index in [0.29, 0.717) is 22.6 Å². The molecule has 2 rings (SSSR count). The summed E-state index contributed by atoms with van der Waals surface area (Å²) in [6, 6.07) is 10.8. The lowest BCUT2D eigenvalue weighted by atomic mass is 10.1. The molecule has 0 fully saturated rings. The zero-order chi connectivity index (χ0) is 15.4. The summed E-state index contributed by atoms with van der Waals surface area (Å²) in [4.78, 5) is 0. The molecule has 2 aromatic rings. The van der Waals surface area contributed by atoms with Crippen LogP contribution in [0.25, 0.3) is 0 Å². The average molecular weight is 288 g/mol. The number of hydrogen-bond donors (Lipinski definition) is 1. The van der Waals surface area contributed by atoms with Gasteiger partial charge in [0.1, 0.15) is 17.3 Å². The largest absolute Gasteiger partial charge is 0.457 e. The first-order valence-corrected chi connectivity index (χ1v) is 7.26. The van der Waals surface area contributed by atoms with Crippen LogP contribution in [-0.2, 0) is 6.42 Å². The van der Waals surface area contributed by atoms with E-state index in [0.717, 1.165) is 12.8 Å². The highest BCUT2D eigenvalue weighted by molar-refractivity contribution is 5.42. The molecule has 2 aromatic carbocycles. The van der Waals surface area contributed by atoms with E-state index in [2.05, 4.69) is 6.92 Å². The molecule has 21 heavy (non-hydrogen) atoms. The van der Waals surface area contributed by atoms with Crippen LogP contribution in [0.15, 0.2) is 36.4 Å².